The predicted molar refractivity (Wildman–Crippen MR) is 128 cm³/mol. The molecule has 0 saturated heterocycles. The Kier molecular flexibility index (Phi) is 6.71. The summed E-state index contributed by atoms with van der Waals surface area (Å²) in [5.74, 6) is 1.21. The van der Waals surface area contributed by atoms with Gasteiger partial charge >= 0.3 is 5.97 Å². The van der Waals surface area contributed by atoms with Crippen LogP contribution in [-0.2, 0) is 16.0 Å². The average Bonchev–Trinajstić information content (AvgIpc) is 2.83. The Labute approximate surface area is 188 Å². The molecule has 0 radical (unpaired) electrons. The number of fused-ring (bicyclic) bond motifs is 2. The molecule has 0 aliphatic heterocycles. The zero-order chi connectivity index (χ0) is 22.3. The smallest absolute Gasteiger partial charge is 0.333 e. The molecule has 162 valence electrons. The third-order valence-corrected chi connectivity index (χ3v) is 5.22. The minimum Gasteiger partial charge on any atom is -0.492 e. The second-order valence-corrected chi connectivity index (χ2v) is 7.60. The first-order chi connectivity index (χ1) is 15.6. The van der Waals surface area contributed by atoms with Crippen LogP contribution in [0.3, 0.4) is 0 Å². The normalized spacial score (nSPS) is 10.8. The van der Waals surface area contributed by atoms with Gasteiger partial charge in [-0.2, -0.15) is 0 Å². The van der Waals surface area contributed by atoms with Crippen molar-refractivity contribution in [1.29, 1.82) is 0 Å². The standard InChI is InChI=1S/C28H26O4/c1-20(2)28(29)32-19-18-31-27-24-14-8-6-12-22(24)26(23-13-7-9-15-25(23)27)30-17-16-21-10-4-3-5-11-21/h3-15H,1,16-19H2,2H3. The van der Waals surface area contributed by atoms with Crippen molar-refractivity contribution in [3.8, 4) is 11.5 Å². The molecule has 4 heteroatoms. The molecule has 0 atom stereocenters. The first-order valence-electron chi connectivity index (χ1n) is 10.7. The molecule has 0 aliphatic carbocycles. The highest BCUT2D eigenvalue weighted by Crippen LogP contribution is 2.42. The first-order valence-corrected chi connectivity index (χ1v) is 10.7. The minimum absolute atomic E-state index is 0.156. The van der Waals surface area contributed by atoms with E-state index in [1.807, 2.05) is 66.7 Å². The fraction of sp³-hybridized carbons (Fsp3) is 0.179. The molecule has 4 rings (SSSR count). The molecule has 0 N–H and O–H groups in total. The SMILES string of the molecule is C=C(C)C(=O)OCCOc1c2ccccc2c(OCCc2ccccc2)c2ccccc12. The Hall–Kier alpha value is -3.79. The van der Waals surface area contributed by atoms with E-state index in [4.69, 9.17) is 14.2 Å². The molecule has 0 unspecified atom stereocenters. The zero-order valence-corrected chi connectivity index (χ0v) is 18.2. The number of hydrogen-bond acceptors (Lipinski definition) is 4. The Morgan fingerprint density at radius 1 is 0.688 bits per heavy atom. The fourth-order valence-corrected chi connectivity index (χ4v) is 3.68. The van der Waals surface area contributed by atoms with Crippen molar-refractivity contribution in [2.75, 3.05) is 19.8 Å². The summed E-state index contributed by atoms with van der Waals surface area (Å²) in [7, 11) is 0. The highest BCUT2D eigenvalue weighted by Gasteiger charge is 2.16. The summed E-state index contributed by atoms with van der Waals surface area (Å²) in [6, 6.07) is 26.4. The van der Waals surface area contributed by atoms with Crippen LogP contribution in [0.4, 0.5) is 0 Å². The van der Waals surface area contributed by atoms with Gasteiger partial charge in [-0.1, -0.05) is 85.4 Å². The van der Waals surface area contributed by atoms with E-state index in [1.165, 1.54) is 5.56 Å². The number of carbonyl (C=O) groups is 1. The van der Waals surface area contributed by atoms with E-state index in [0.29, 0.717) is 12.2 Å². The fourth-order valence-electron chi connectivity index (χ4n) is 3.68. The zero-order valence-electron chi connectivity index (χ0n) is 18.2. The van der Waals surface area contributed by atoms with Crippen molar-refractivity contribution in [1.82, 2.24) is 0 Å². The van der Waals surface area contributed by atoms with E-state index < -0.39 is 5.97 Å². The highest BCUT2D eigenvalue weighted by molar-refractivity contribution is 6.11. The lowest BCUT2D eigenvalue weighted by Crippen LogP contribution is -2.12. The average molecular weight is 427 g/mol. The topological polar surface area (TPSA) is 44.8 Å². The van der Waals surface area contributed by atoms with Crippen LogP contribution >= 0.6 is 0 Å². The van der Waals surface area contributed by atoms with E-state index in [2.05, 4.69) is 18.7 Å². The summed E-state index contributed by atoms with van der Waals surface area (Å²) in [5, 5.41) is 3.92. The lowest BCUT2D eigenvalue weighted by Gasteiger charge is -2.18. The molecule has 0 spiro atoms. The van der Waals surface area contributed by atoms with Gasteiger partial charge in [0, 0.05) is 33.5 Å². The molecule has 0 aliphatic rings. The lowest BCUT2D eigenvalue weighted by atomic mass is 10.0. The van der Waals surface area contributed by atoms with Crippen LogP contribution in [0.25, 0.3) is 21.5 Å². The predicted octanol–water partition coefficient (Wildman–Crippen LogP) is 6.11. The number of rotatable bonds is 9. The second kappa shape index (κ2) is 10.0. The molecule has 0 amide bonds. The van der Waals surface area contributed by atoms with Crippen molar-refractivity contribution >= 4 is 27.5 Å². The summed E-state index contributed by atoms with van der Waals surface area (Å²) in [4.78, 5) is 11.6. The summed E-state index contributed by atoms with van der Waals surface area (Å²) < 4.78 is 17.6. The van der Waals surface area contributed by atoms with Gasteiger partial charge in [-0.3, -0.25) is 0 Å². The van der Waals surface area contributed by atoms with Gasteiger partial charge in [-0.25, -0.2) is 4.79 Å². The monoisotopic (exact) mass is 426 g/mol. The first kappa shape index (κ1) is 21.4. The van der Waals surface area contributed by atoms with Gasteiger partial charge in [0.05, 0.1) is 6.61 Å². The third kappa shape index (κ3) is 4.75. The third-order valence-electron chi connectivity index (χ3n) is 5.22. The van der Waals surface area contributed by atoms with Crippen LogP contribution in [0.1, 0.15) is 12.5 Å². The maximum atomic E-state index is 11.6. The van der Waals surface area contributed by atoms with E-state index in [9.17, 15) is 4.79 Å². The van der Waals surface area contributed by atoms with Gasteiger partial charge in [0.1, 0.15) is 24.7 Å². The Morgan fingerprint density at radius 2 is 1.16 bits per heavy atom. The van der Waals surface area contributed by atoms with E-state index >= 15 is 0 Å². The molecule has 0 bridgehead atoms. The molecule has 0 saturated carbocycles. The molecular weight excluding hydrogens is 400 g/mol. The van der Waals surface area contributed by atoms with Crippen molar-refractivity contribution in [3.63, 3.8) is 0 Å². The van der Waals surface area contributed by atoms with Gasteiger partial charge in [0.25, 0.3) is 0 Å². The van der Waals surface area contributed by atoms with Crippen LogP contribution in [0.5, 0.6) is 11.5 Å². The van der Waals surface area contributed by atoms with Crippen LogP contribution in [-0.4, -0.2) is 25.8 Å². The molecule has 4 nitrogen and oxygen atoms in total. The molecular formula is C28H26O4. The molecule has 0 heterocycles. The second-order valence-electron chi connectivity index (χ2n) is 7.60. The number of benzene rings is 4. The summed E-state index contributed by atoms with van der Waals surface area (Å²) in [5.41, 5.74) is 1.61. The maximum Gasteiger partial charge on any atom is 0.333 e. The van der Waals surface area contributed by atoms with Crippen molar-refractivity contribution < 1.29 is 19.0 Å². The van der Waals surface area contributed by atoms with Gasteiger partial charge in [-0.15, -0.1) is 0 Å². The van der Waals surface area contributed by atoms with E-state index in [0.717, 1.165) is 39.5 Å². The van der Waals surface area contributed by atoms with Gasteiger partial charge < -0.3 is 14.2 Å². The van der Waals surface area contributed by atoms with Gasteiger partial charge in [0.2, 0.25) is 0 Å². The summed E-state index contributed by atoms with van der Waals surface area (Å²) in [6.45, 7) is 6.21. The summed E-state index contributed by atoms with van der Waals surface area (Å²) >= 11 is 0. The maximum absolute atomic E-state index is 11.6. The molecule has 4 aromatic rings. The Morgan fingerprint density at radius 3 is 1.66 bits per heavy atom. The van der Waals surface area contributed by atoms with Crippen molar-refractivity contribution in [3.05, 3.63) is 96.6 Å². The largest absolute Gasteiger partial charge is 0.492 e. The number of hydrogen-bond donors (Lipinski definition) is 0. The van der Waals surface area contributed by atoms with E-state index in [-0.39, 0.29) is 13.2 Å². The summed E-state index contributed by atoms with van der Waals surface area (Å²) in [6.07, 6.45) is 0.829. The number of ether oxygens (including phenoxy) is 3. The van der Waals surface area contributed by atoms with Gasteiger partial charge in [-0.05, 0) is 12.5 Å². The van der Waals surface area contributed by atoms with Crippen LogP contribution < -0.4 is 9.47 Å². The molecule has 0 fully saturated rings. The lowest BCUT2D eigenvalue weighted by molar-refractivity contribution is -0.139. The Bertz CT molecular complexity index is 1190. The van der Waals surface area contributed by atoms with Crippen LogP contribution in [0.15, 0.2) is 91.0 Å². The van der Waals surface area contributed by atoms with Gasteiger partial charge in [0.15, 0.2) is 0 Å². The van der Waals surface area contributed by atoms with Crippen LogP contribution in [0.2, 0.25) is 0 Å². The van der Waals surface area contributed by atoms with Crippen molar-refractivity contribution in [2.45, 2.75) is 13.3 Å². The number of carbonyl (C=O) groups excluding carboxylic acids is 1. The van der Waals surface area contributed by atoms with E-state index in [1.54, 1.807) is 6.92 Å². The Balaban J connectivity index is 1.62. The quantitative estimate of drug-likeness (QED) is 0.140. The van der Waals surface area contributed by atoms with Crippen LogP contribution in [0, 0.1) is 0 Å². The molecule has 4 aromatic carbocycles. The van der Waals surface area contributed by atoms with Crippen molar-refractivity contribution in [2.24, 2.45) is 0 Å². The molecule has 0 aromatic heterocycles. The molecule has 32 heavy (non-hydrogen) atoms. The number of esters is 1. The minimum atomic E-state index is -0.412. The highest BCUT2D eigenvalue weighted by atomic mass is 16.6.